The largest absolute Gasteiger partial charge is 0.448 e. The number of aromatic nitrogens is 1. The molecule has 2 N–H and O–H groups in total. The van der Waals surface area contributed by atoms with Crippen LogP contribution in [0, 0.1) is 11.3 Å². The van der Waals surface area contributed by atoms with E-state index in [1.54, 1.807) is 48.0 Å². The number of rotatable bonds is 21. The lowest BCUT2D eigenvalue weighted by Gasteiger charge is -2.54. The van der Waals surface area contributed by atoms with Crippen molar-refractivity contribution in [3.63, 3.8) is 0 Å². The van der Waals surface area contributed by atoms with Gasteiger partial charge in [0.15, 0.2) is 31.9 Å². The van der Waals surface area contributed by atoms with Crippen LogP contribution in [0.25, 0.3) is 6.08 Å². The highest BCUT2D eigenvalue weighted by molar-refractivity contribution is 6.99. The Morgan fingerprint density at radius 1 is 0.846 bits per heavy atom. The first-order valence-electron chi connectivity index (χ1n) is 28.3. The lowest BCUT2D eigenvalue weighted by atomic mass is 9.72. The van der Waals surface area contributed by atoms with Crippen LogP contribution < -0.4 is 21.0 Å². The van der Waals surface area contributed by atoms with Crippen LogP contribution in [0.15, 0.2) is 77.4 Å². The average Bonchev–Trinajstić information content (AvgIpc) is 4.04. The van der Waals surface area contributed by atoms with E-state index < -0.39 is 63.6 Å². The molecule has 0 unspecified atom stereocenters. The summed E-state index contributed by atoms with van der Waals surface area (Å²) in [6.07, 6.45) is 4.09. The predicted octanol–water partition coefficient (Wildman–Crippen LogP) is 11.1. The summed E-state index contributed by atoms with van der Waals surface area (Å²) < 4.78 is 66.2. The molecular weight excluding hydrogens is 1020 g/mol. The van der Waals surface area contributed by atoms with E-state index >= 15 is 0 Å². The van der Waals surface area contributed by atoms with Gasteiger partial charge in [0.1, 0.15) is 29.8 Å². The van der Waals surface area contributed by atoms with Gasteiger partial charge in [0.2, 0.25) is 0 Å². The zero-order valence-corrected chi connectivity index (χ0v) is 52.9. The van der Waals surface area contributed by atoms with Gasteiger partial charge in [0, 0.05) is 44.4 Å². The first-order valence-corrected chi connectivity index (χ1v) is 33.2. The quantitative estimate of drug-likeness (QED) is 0.0968. The number of alkyl carbamates (subject to hydrolysis) is 1. The summed E-state index contributed by atoms with van der Waals surface area (Å²) >= 11 is 0. The summed E-state index contributed by atoms with van der Waals surface area (Å²) in [5, 5.41) is 7.96. The van der Waals surface area contributed by atoms with Crippen LogP contribution in [0.4, 0.5) is 4.79 Å². The van der Waals surface area contributed by atoms with Crippen molar-refractivity contribution in [3.05, 3.63) is 84.6 Å². The first-order chi connectivity index (χ1) is 36.2. The molecule has 0 aliphatic carbocycles. The molecule has 0 saturated carbocycles. The summed E-state index contributed by atoms with van der Waals surface area (Å²) in [5.41, 5.74) is -0.676. The Morgan fingerprint density at radius 3 is 2.00 bits per heavy atom. The molecule has 17 heteroatoms. The molecule has 15 nitrogen and oxygen atoms in total. The second-order valence-corrected chi connectivity index (χ2v) is 35.5. The molecule has 1 spiro atoms. The molecule has 3 aliphatic heterocycles. The topological polar surface area (TPSA) is 167 Å². The van der Waals surface area contributed by atoms with Gasteiger partial charge in [-0.2, -0.15) is 0 Å². The van der Waals surface area contributed by atoms with Crippen LogP contribution in [-0.2, 0) is 46.8 Å². The molecule has 436 valence electrons. The van der Waals surface area contributed by atoms with Gasteiger partial charge in [-0.15, -0.1) is 0 Å². The molecule has 4 heterocycles. The Kier molecular flexibility index (Phi) is 20.1. The summed E-state index contributed by atoms with van der Waals surface area (Å²) in [5.74, 6) is -2.19. The van der Waals surface area contributed by atoms with Crippen LogP contribution in [0.5, 0.6) is 0 Å². The Balaban J connectivity index is 1.25. The highest BCUT2D eigenvalue weighted by Crippen LogP contribution is 2.58. The van der Waals surface area contributed by atoms with Gasteiger partial charge in [0.05, 0.1) is 37.1 Å². The van der Waals surface area contributed by atoms with Gasteiger partial charge >= 0.3 is 6.09 Å². The van der Waals surface area contributed by atoms with E-state index in [4.69, 9.17) is 51.4 Å². The molecule has 78 heavy (non-hydrogen) atoms. The molecule has 2 amide bonds. The Morgan fingerprint density at radius 2 is 1.46 bits per heavy atom. The number of nitrogens with zero attached hydrogens (tertiary/aromatic N) is 1. The van der Waals surface area contributed by atoms with Crippen molar-refractivity contribution in [1.82, 2.24) is 15.6 Å². The summed E-state index contributed by atoms with van der Waals surface area (Å²) in [7, 11) is -2.12. The van der Waals surface area contributed by atoms with E-state index in [1.165, 1.54) is 17.5 Å². The van der Waals surface area contributed by atoms with Crippen LogP contribution in [0.3, 0.4) is 0 Å². The standard InChI is InChI=1S/C61H97N3O12Si2/c1-21-46(68-18)50-52(76-77(19,20)57(7,8)9)59(13,14)61(73-50)37-48(75-78(58(10,11)12,43-30-24-22-25-31-43)44-32-26-23-27-33-44)41(3)47(70-61)34-28-29-42-38-69-54(63-42)40(2)35-36-62-53(65)51-49(71-60(15,16)72-51)45(39-67-17)64-55(66)74-56(4,5)6/h22-33,38,40-41,45-52H,21,34-37,39H2,1-20H3,(H,62,65)(H,64,66)/b29-28+/t40-,41+,45-,46-,47-,48+,49-,50+,51-,52-,61+/m1/s1. The van der Waals surface area contributed by atoms with Crippen molar-refractivity contribution in [2.75, 3.05) is 27.4 Å². The van der Waals surface area contributed by atoms with Gasteiger partial charge in [-0.1, -0.05) is 143 Å². The van der Waals surface area contributed by atoms with Crippen LogP contribution >= 0.6 is 0 Å². The molecule has 11 atom stereocenters. The fourth-order valence-corrected chi connectivity index (χ4v) is 17.4. The number of amides is 2. The maximum atomic E-state index is 13.7. The van der Waals surface area contributed by atoms with E-state index in [0.717, 1.165) is 6.42 Å². The summed E-state index contributed by atoms with van der Waals surface area (Å²) in [6.45, 7) is 38.6. The number of hydrogen-bond acceptors (Lipinski definition) is 13. The minimum Gasteiger partial charge on any atom is -0.448 e. The van der Waals surface area contributed by atoms with Crippen molar-refractivity contribution in [1.29, 1.82) is 0 Å². The number of carbonyl (C=O) groups is 2. The van der Waals surface area contributed by atoms with Crippen molar-refractivity contribution in [3.8, 4) is 0 Å². The zero-order valence-electron chi connectivity index (χ0n) is 50.9. The van der Waals surface area contributed by atoms with Gasteiger partial charge in [-0.25, -0.2) is 9.78 Å². The monoisotopic (exact) mass is 1120 g/mol. The molecule has 0 bridgehead atoms. The maximum absolute atomic E-state index is 13.7. The smallest absolute Gasteiger partial charge is 0.408 e. The Labute approximate surface area is 469 Å². The molecular formula is C61H97N3O12Si2. The summed E-state index contributed by atoms with van der Waals surface area (Å²) in [4.78, 5) is 31.4. The predicted molar refractivity (Wildman–Crippen MR) is 311 cm³/mol. The minimum atomic E-state index is -3.06. The van der Waals surface area contributed by atoms with Crippen LogP contribution in [-0.4, -0.2) is 127 Å². The van der Waals surface area contributed by atoms with Gasteiger partial charge in [-0.3, -0.25) is 4.79 Å². The second-order valence-electron chi connectivity index (χ2n) is 26.5. The Hall–Kier alpha value is -3.76. The van der Waals surface area contributed by atoms with Gasteiger partial charge in [0.25, 0.3) is 14.2 Å². The SMILES string of the molecule is CC[C@@H](OC)[C@@H]1O[C@@]2(C[C@H](O[Si](c3ccccc3)(c3ccccc3)C(C)(C)C)[C@@H](C)[C@@H](C/C=C/c3coc([C@H](C)CCNC(=O)[C@@H]4OC(C)(C)O[C@@H]4[C@@H](COC)NC(=O)OC(C)(C)C)n3)O2)C(C)(C)[C@@H]1O[Si](C)(C)C(C)(C)C. The number of carbonyl (C=O) groups excluding carboxylic acids is 2. The highest BCUT2D eigenvalue weighted by Gasteiger charge is 2.68. The number of ether oxygens (including phenoxy) is 7. The normalized spacial score (nSPS) is 26.9. The Bertz CT molecular complexity index is 2400. The molecule has 3 fully saturated rings. The van der Waals surface area contributed by atoms with Crippen LogP contribution in [0.2, 0.25) is 23.2 Å². The fraction of sp³-hybridized carbons (Fsp3) is 0.689. The van der Waals surface area contributed by atoms with E-state index in [-0.39, 0.29) is 64.9 Å². The second kappa shape index (κ2) is 24.8. The number of methoxy groups -OCH3 is 2. The molecule has 6 rings (SSSR count). The van der Waals surface area contributed by atoms with E-state index in [0.29, 0.717) is 37.4 Å². The molecule has 3 saturated heterocycles. The average molecular weight is 1120 g/mol. The molecule has 1 aromatic heterocycles. The molecule has 3 aromatic rings. The van der Waals surface area contributed by atoms with Crippen molar-refractivity contribution < 1.29 is 56.0 Å². The van der Waals surface area contributed by atoms with Crippen molar-refractivity contribution >= 4 is 45.1 Å². The third-order valence-electron chi connectivity index (χ3n) is 16.7. The van der Waals surface area contributed by atoms with E-state index in [2.05, 4.69) is 160 Å². The van der Waals surface area contributed by atoms with Gasteiger partial charge < -0.3 is 57.1 Å². The molecule has 0 radical (unpaired) electrons. The molecule has 3 aliphatic rings. The lowest BCUT2D eigenvalue weighted by molar-refractivity contribution is -0.332. The van der Waals surface area contributed by atoms with E-state index in [1.807, 2.05) is 13.0 Å². The lowest BCUT2D eigenvalue weighted by Crippen LogP contribution is -2.70. The minimum absolute atomic E-state index is 0.0432. The summed E-state index contributed by atoms with van der Waals surface area (Å²) in [6, 6.07) is 21.0. The number of oxazole rings is 1. The van der Waals surface area contributed by atoms with Crippen molar-refractivity contribution in [2.45, 2.75) is 231 Å². The third-order valence-corrected chi connectivity index (χ3v) is 26.2. The molecule has 2 aromatic carbocycles. The zero-order chi connectivity index (χ0) is 57.9. The third kappa shape index (κ3) is 14.1. The first kappa shape index (κ1) is 63.4. The van der Waals surface area contributed by atoms with E-state index in [9.17, 15) is 9.59 Å². The number of hydrogen-bond donors (Lipinski definition) is 2. The number of nitrogens with one attached hydrogen (secondary N) is 2. The highest BCUT2D eigenvalue weighted by atomic mass is 28.4. The van der Waals surface area contributed by atoms with Crippen molar-refractivity contribution in [2.24, 2.45) is 11.3 Å². The van der Waals surface area contributed by atoms with Gasteiger partial charge in [-0.05, 0) is 93.5 Å². The fourth-order valence-electron chi connectivity index (χ4n) is 11.2. The maximum Gasteiger partial charge on any atom is 0.408 e. The van der Waals surface area contributed by atoms with Crippen LogP contribution in [0.1, 0.15) is 154 Å². The number of benzene rings is 2.